The molecule has 0 spiro atoms. The van der Waals surface area contributed by atoms with Crippen molar-refractivity contribution in [1.82, 2.24) is 9.47 Å². The van der Waals surface area contributed by atoms with E-state index in [2.05, 4.69) is 24.8 Å². The summed E-state index contributed by atoms with van der Waals surface area (Å²) in [5.74, 6) is -0.296. The van der Waals surface area contributed by atoms with Crippen molar-refractivity contribution in [3.63, 3.8) is 0 Å². The largest absolute Gasteiger partial charge is 0.419 e. The Morgan fingerprint density at radius 2 is 1.85 bits per heavy atom. The van der Waals surface area contributed by atoms with Gasteiger partial charge in [-0.05, 0) is 50.0 Å². The maximum atomic E-state index is 11.5. The van der Waals surface area contributed by atoms with E-state index in [1.54, 1.807) is 11.6 Å². The van der Waals surface area contributed by atoms with Gasteiger partial charge in [0.25, 0.3) is 0 Å². The van der Waals surface area contributed by atoms with E-state index in [4.69, 9.17) is 4.42 Å². The SMILES string of the molecule is CCCN(CCC)CCc1ccc2c(c1)oc(=O)n2C. The molecular weight excluding hydrogens is 252 g/mol. The number of oxazole rings is 1. The van der Waals surface area contributed by atoms with Crippen molar-refractivity contribution in [1.29, 1.82) is 0 Å². The van der Waals surface area contributed by atoms with Crippen LogP contribution < -0.4 is 5.76 Å². The summed E-state index contributed by atoms with van der Waals surface area (Å²) in [5.41, 5.74) is 2.77. The van der Waals surface area contributed by atoms with Crippen molar-refractivity contribution in [2.75, 3.05) is 19.6 Å². The number of aryl methyl sites for hydroxylation is 1. The Hall–Kier alpha value is -1.55. The van der Waals surface area contributed by atoms with Crippen LogP contribution in [0.15, 0.2) is 27.4 Å². The van der Waals surface area contributed by atoms with Crippen LogP contribution in [0.5, 0.6) is 0 Å². The predicted molar refractivity (Wildman–Crippen MR) is 82.2 cm³/mol. The lowest BCUT2D eigenvalue weighted by molar-refractivity contribution is 0.278. The molecule has 0 fully saturated rings. The van der Waals surface area contributed by atoms with E-state index in [0.29, 0.717) is 5.58 Å². The highest BCUT2D eigenvalue weighted by Crippen LogP contribution is 2.15. The summed E-state index contributed by atoms with van der Waals surface area (Å²) in [6.07, 6.45) is 3.37. The normalized spacial score (nSPS) is 11.6. The molecule has 4 nitrogen and oxygen atoms in total. The lowest BCUT2D eigenvalue weighted by Crippen LogP contribution is -2.27. The lowest BCUT2D eigenvalue weighted by Gasteiger charge is -2.20. The van der Waals surface area contributed by atoms with E-state index < -0.39 is 0 Å². The molecule has 1 aromatic carbocycles. The third kappa shape index (κ3) is 3.31. The second-order valence-electron chi connectivity index (χ2n) is 5.32. The Morgan fingerprint density at radius 1 is 1.15 bits per heavy atom. The fourth-order valence-electron chi connectivity index (χ4n) is 2.59. The average molecular weight is 276 g/mol. The molecule has 0 aliphatic rings. The monoisotopic (exact) mass is 276 g/mol. The highest BCUT2D eigenvalue weighted by Gasteiger charge is 2.08. The van der Waals surface area contributed by atoms with Gasteiger partial charge in [0.1, 0.15) is 0 Å². The van der Waals surface area contributed by atoms with Crippen molar-refractivity contribution in [2.45, 2.75) is 33.1 Å². The minimum atomic E-state index is -0.296. The smallest absolute Gasteiger partial charge is 0.408 e. The van der Waals surface area contributed by atoms with E-state index in [0.717, 1.165) is 31.6 Å². The third-order valence-electron chi connectivity index (χ3n) is 3.65. The van der Waals surface area contributed by atoms with E-state index in [1.165, 1.54) is 18.4 Å². The zero-order valence-electron chi connectivity index (χ0n) is 12.7. The second kappa shape index (κ2) is 6.75. The Labute approximate surface area is 120 Å². The first kappa shape index (κ1) is 14.9. The molecule has 0 bridgehead atoms. The highest BCUT2D eigenvalue weighted by molar-refractivity contribution is 5.73. The summed E-state index contributed by atoms with van der Waals surface area (Å²) >= 11 is 0. The summed E-state index contributed by atoms with van der Waals surface area (Å²) in [4.78, 5) is 14.0. The van der Waals surface area contributed by atoms with Crippen molar-refractivity contribution >= 4 is 11.1 Å². The van der Waals surface area contributed by atoms with Crippen molar-refractivity contribution < 1.29 is 4.42 Å². The number of nitrogens with zero attached hydrogens (tertiary/aromatic N) is 2. The summed E-state index contributed by atoms with van der Waals surface area (Å²) in [6, 6.07) is 6.06. The molecule has 0 aliphatic carbocycles. The van der Waals surface area contributed by atoms with Gasteiger partial charge in [0, 0.05) is 13.6 Å². The Balaban J connectivity index is 2.07. The lowest BCUT2D eigenvalue weighted by atomic mass is 10.1. The molecule has 2 rings (SSSR count). The van der Waals surface area contributed by atoms with E-state index in [1.807, 2.05) is 12.1 Å². The van der Waals surface area contributed by atoms with Crippen LogP contribution in [-0.4, -0.2) is 29.1 Å². The van der Waals surface area contributed by atoms with Crippen molar-refractivity contribution in [3.05, 3.63) is 34.3 Å². The van der Waals surface area contributed by atoms with Crippen molar-refractivity contribution in [3.8, 4) is 0 Å². The third-order valence-corrected chi connectivity index (χ3v) is 3.65. The molecular formula is C16H24N2O2. The quantitative estimate of drug-likeness (QED) is 0.780. The molecule has 0 unspecified atom stereocenters. The van der Waals surface area contributed by atoms with E-state index in [-0.39, 0.29) is 5.76 Å². The van der Waals surface area contributed by atoms with Crippen LogP contribution in [-0.2, 0) is 13.5 Å². The molecule has 1 heterocycles. The van der Waals surface area contributed by atoms with Crippen LogP contribution in [0, 0.1) is 0 Å². The number of fused-ring (bicyclic) bond motifs is 1. The van der Waals surface area contributed by atoms with Crippen LogP contribution in [0.1, 0.15) is 32.3 Å². The fraction of sp³-hybridized carbons (Fsp3) is 0.562. The van der Waals surface area contributed by atoms with Gasteiger partial charge in [-0.15, -0.1) is 0 Å². The summed E-state index contributed by atoms with van der Waals surface area (Å²) < 4.78 is 6.78. The molecule has 110 valence electrons. The molecule has 0 saturated carbocycles. The molecule has 0 N–H and O–H groups in total. The summed E-state index contributed by atoms with van der Waals surface area (Å²) in [6.45, 7) is 7.79. The van der Waals surface area contributed by atoms with E-state index >= 15 is 0 Å². The topological polar surface area (TPSA) is 38.4 Å². The molecule has 0 radical (unpaired) electrons. The van der Waals surface area contributed by atoms with Gasteiger partial charge < -0.3 is 9.32 Å². The molecule has 0 saturated heterocycles. The van der Waals surface area contributed by atoms with Gasteiger partial charge in [0.15, 0.2) is 5.58 Å². The van der Waals surface area contributed by atoms with Gasteiger partial charge in [-0.2, -0.15) is 0 Å². The summed E-state index contributed by atoms with van der Waals surface area (Å²) in [7, 11) is 1.73. The van der Waals surface area contributed by atoms with Gasteiger partial charge in [-0.3, -0.25) is 4.57 Å². The minimum Gasteiger partial charge on any atom is -0.408 e. The highest BCUT2D eigenvalue weighted by atomic mass is 16.4. The van der Waals surface area contributed by atoms with Crippen LogP contribution in [0.2, 0.25) is 0 Å². The van der Waals surface area contributed by atoms with Gasteiger partial charge in [0.05, 0.1) is 5.52 Å². The van der Waals surface area contributed by atoms with Crippen LogP contribution in [0.25, 0.3) is 11.1 Å². The van der Waals surface area contributed by atoms with Gasteiger partial charge in [-0.25, -0.2) is 4.79 Å². The Kier molecular flexibility index (Phi) is 5.01. The zero-order valence-corrected chi connectivity index (χ0v) is 12.7. The average Bonchev–Trinajstić information content (AvgIpc) is 2.72. The Bertz CT molecular complexity index is 606. The maximum absolute atomic E-state index is 11.5. The van der Waals surface area contributed by atoms with Gasteiger partial charge >= 0.3 is 5.76 Å². The molecule has 2 aromatic rings. The first-order valence-electron chi connectivity index (χ1n) is 7.46. The number of benzene rings is 1. The molecule has 20 heavy (non-hydrogen) atoms. The molecule has 0 aliphatic heterocycles. The summed E-state index contributed by atoms with van der Waals surface area (Å²) in [5, 5.41) is 0. The molecule has 0 atom stereocenters. The predicted octanol–water partition coefficient (Wildman–Crippen LogP) is 2.80. The number of hydrogen-bond donors (Lipinski definition) is 0. The van der Waals surface area contributed by atoms with Crippen LogP contribution in [0.3, 0.4) is 0 Å². The Morgan fingerprint density at radius 3 is 2.50 bits per heavy atom. The number of aromatic nitrogens is 1. The number of hydrogen-bond acceptors (Lipinski definition) is 3. The first-order valence-corrected chi connectivity index (χ1v) is 7.46. The second-order valence-corrected chi connectivity index (χ2v) is 5.32. The zero-order chi connectivity index (χ0) is 14.5. The maximum Gasteiger partial charge on any atom is 0.419 e. The first-order chi connectivity index (χ1) is 9.65. The number of rotatable bonds is 7. The fourth-order valence-corrected chi connectivity index (χ4v) is 2.59. The van der Waals surface area contributed by atoms with Crippen LogP contribution in [0.4, 0.5) is 0 Å². The molecule has 4 heteroatoms. The minimum absolute atomic E-state index is 0.296. The molecule has 1 aromatic heterocycles. The van der Waals surface area contributed by atoms with Gasteiger partial charge in [-0.1, -0.05) is 19.9 Å². The van der Waals surface area contributed by atoms with Gasteiger partial charge in [0.2, 0.25) is 0 Å². The van der Waals surface area contributed by atoms with Crippen molar-refractivity contribution in [2.24, 2.45) is 7.05 Å². The van der Waals surface area contributed by atoms with E-state index in [9.17, 15) is 4.79 Å². The van der Waals surface area contributed by atoms with Crippen LogP contribution >= 0.6 is 0 Å². The standard InChI is InChI=1S/C16H24N2O2/c1-4-9-18(10-5-2)11-8-13-6-7-14-15(12-13)20-16(19)17(14)3/h6-7,12H,4-5,8-11H2,1-3H3. The molecule has 0 amide bonds.